The van der Waals surface area contributed by atoms with Gasteiger partial charge in [-0.05, 0) is 38.5 Å². The van der Waals surface area contributed by atoms with Crippen molar-refractivity contribution in [2.75, 3.05) is 12.4 Å². The molecule has 0 aliphatic heterocycles. The molecule has 130 valence electrons. The zero-order valence-electron chi connectivity index (χ0n) is 14.6. The first-order valence-corrected chi connectivity index (χ1v) is 9.66. The zero-order valence-corrected chi connectivity index (χ0v) is 16.2. The van der Waals surface area contributed by atoms with Crippen LogP contribution in [0.1, 0.15) is 39.7 Å². The predicted octanol–water partition coefficient (Wildman–Crippen LogP) is 4.42. The maximum Gasteiger partial charge on any atom is 0.251 e. The van der Waals surface area contributed by atoms with Crippen LogP contribution >= 0.6 is 22.7 Å². The Morgan fingerprint density at radius 3 is 2.44 bits per heavy atom. The molecular formula is C18H20N4OS2. The minimum atomic E-state index is -0.104. The monoisotopic (exact) mass is 372 g/mol. The van der Waals surface area contributed by atoms with E-state index in [-0.39, 0.29) is 11.9 Å². The first-order valence-electron chi connectivity index (χ1n) is 7.96. The molecule has 5 nitrogen and oxygen atoms in total. The van der Waals surface area contributed by atoms with E-state index in [1.165, 1.54) is 0 Å². The summed E-state index contributed by atoms with van der Waals surface area (Å²) in [4.78, 5) is 22.4. The van der Waals surface area contributed by atoms with E-state index in [2.05, 4.69) is 20.6 Å². The van der Waals surface area contributed by atoms with Crippen molar-refractivity contribution in [3.63, 3.8) is 0 Å². The van der Waals surface area contributed by atoms with Crippen LogP contribution in [-0.4, -0.2) is 22.9 Å². The second-order valence-corrected chi connectivity index (χ2v) is 7.67. The van der Waals surface area contributed by atoms with Gasteiger partial charge in [-0.1, -0.05) is 23.5 Å². The van der Waals surface area contributed by atoms with Crippen molar-refractivity contribution in [2.24, 2.45) is 0 Å². The van der Waals surface area contributed by atoms with Crippen LogP contribution in [0.4, 0.5) is 5.13 Å². The first-order chi connectivity index (χ1) is 12.0. The summed E-state index contributed by atoms with van der Waals surface area (Å²) in [7, 11) is 1.86. The summed E-state index contributed by atoms with van der Waals surface area (Å²) in [6.45, 7) is 5.89. The van der Waals surface area contributed by atoms with Crippen molar-refractivity contribution >= 4 is 33.7 Å². The number of hydrogen-bond donors (Lipinski definition) is 2. The summed E-state index contributed by atoms with van der Waals surface area (Å²) in [5.74, 6) is -0.0937. The summed E-state index contributed by atoms with van der Waals surface area (Å²) in [6, 6.07) is 7.53. The zero-order chi connectivity index (χ0) is 18.0. The molecule has 3 rings (SSSR count). The highest BCUT2D eigenvalue weighted by atomic mass is 32.1. The van der Waals surface area contributed by atoms with E-state index in [1.807, 2.05) is 57.5 Å². The van der Waals surface area contributed by atoms with E-state index >= 15 is 0 Å². The Hall–Kier alpha value is -2.25. The van der Waals surface area contributed by atoms with Gasteiger partial charge < -0.3 is 10.6 Å². The minimum Gasteiger partial charge on any atom is -0.365 e. The van der Waals surface area contributed by atoms with Crippen LogP contribution in [0.3, 0.4) is 0 Å². The van der Waals surface area contributed by atoms with E-state index in [0.29, 0.717) is 5.56 Å². The maximum absolute atomic E-state index is 12.4. The number of aromatic nitrogens is 2. The molecule has 25 heavy (non-hydrogen) atoms. The summed E-state index contributed by atoms with van der Waals surface area (Å²) in [5.41, 5.74) is 3.67. The lowest BCUT2D eigenvalue weighted by Gasteiger charge is -2.11. The van der Waals surface area contributed by atoms with Crippen LogP contribution in [0.2, 0.25) is 0 Å². The Kier molecular flexibility index (Phi) is 5.15. The molecule has 3 aromatic rings. The molecule has 2 aromatic heterocycles. The van der Waals surface area contributed by atoms with Gasteiger partial charge in [0, 0.05) is 23.7 Å². The predicted molar refractivity (Wildman–Crippen MR) is 105 cm³/mol. The van der Waals surface area contributed by atoms with Crippen LogP contribution < -0.4 is 10.6 Å². The van der Waals surface area contributed by atoms with E-state index in [0.717, 1.165) is 32.0 Å². The van der Waals surface area contributed by atoms with Crippen LogP contribution in [0, 0.1) is 13.8 Å². The van der Waals surface area contributed by atoms with Gasteiger partial charge in [-0.2, -0.15) is 0 Å². The number of aryl methyl sites for hydroxylation is 2. The van der Waals surface area contributed by atoms with Gasteiger partial charge in [-0.3, -0.25) is 4.79 Å². The number of hydrogen-bond acceptors (Lipinski definition) is 6. The Morgan fingerprint density at radius 2 is 1.88 bits per heavy atom. The second-order valence-electron chi connectivity index (χ2n) is 5.78. The normalized spacial score (nSPS) is 12.0. The lowest BCUT2D eigenvalue weighted by atomic mass is 10.1. The van der Waals surface area contributed by atoms with Crippen LogP contribution in [0.15, 0.2) is 29.6 Å². The molecule has 2 heterocycles. The molecule has 1 atom stereocenters. The van der Waals surface area contributed by atoms with Crippen molar-refractivity contribution in [3.05, 3.63) is 51.6 Å². The topological polar surface area (TPSA) is 66.9 Å². The van der Waals surface area contributed by atoms with Gasteiger partial charge in [0.25, 0.3) is 5.91 Å². The van der Waals surface area contributed by atoms with Gasteiger partial charge in [0.2, 0.25) is 0 Å². The third-order valence-electron chi connectivity index (χ3n) is 3.77. The van der Waals surface area contributed by atoms with Gasteiger partial charge in [0.15, 0.2) is 5.13 Å². The van der Waals surface area contributed by atoms with E-state index in [4.69, 9.17) is 0 Å². The fourth-order valence-electron chi connectivity index (χ4n) is 2.46. The smallest absolute Gasteiger partial charge is 0.251 e. The Bertz CT molecular complexity index is 883. The van der Waals surface area contributed by atoms with Crippen molar-refractivity contribution in [3.8, 4) is 10.4 Å². The Balaban J connectivity index is 1.73. The highest BCUT2D eigenvalue weighted by molar-refractivity contribution is 7.19. The summed E-state index contributed by atoms with van der Waals surface area (Å²) >= 11 is 3.17. The largest absolute Gasteiger partial charge is 0.365 e. The number of nitrogens with zero attached hydrogens (tertiary/aromatic N) is 2. The number of thiazole rings is 2. The Labute approximate surface area is 155 Å². The molecule has 0 saturated heterocycles. The molecule has 0 aliphatic carbocycles. The third-order valence-corrected chi connectivity index (χ3v) is 6.14. The lowest BCUT2D eigenvalue weighted by molar-refractivity contribution is 0.0940. The standard InChI is InChI=1S/C18H20N4OS2/c1-10-9-24-17(20-10)12(3)21-16(23)14-7-5-13(6-8-14)15-11(2)22-18(19-4)25-15/h5-9,12H,1-4H3,(H,19,22)(H,21,23). The second kappa shape index (κ2) is 7.33. The number of amides is 1. The number of rotatable bonds is 5. The Morgan fingerprint density at radius 1 is 1.16 bits per heavy atom. The summed E-state index contributed by atoms with van der Waals surface area (Å²) in [5, 5.41) is 9.86. The number of benzene rings is 1. The van der Waals surface area contributed by atoms with Gasteiger partial charge >= 0.3 is 0 Å². The van der Waals surface area contributed by atoms with Crippen molar-refractivity contribution in [2.45, 2.75) is 26.8 Å². The van der Waals surface area contributed by atoms with E-state index < -0.39 is 0 Å². The van der Waals surface area contributed by atoms with E-state index in [1.54, 1.807) is 22.7 Å². The van der Waals surface area contributed by atoms with Gasteiger partial charge in [-0.15, -0.1) is 11.3 Å². The quantitative estimate of drug-likeness (QED) is 0.696. The molecule has 1 amide bonds. The molecule has 7 heteroatoms. The molecule has 0 bridgehead atoms. The van der Waals surface area contributed by atoms with E-state index in [9.17, 15) is 4.79 Å². The molecule has 0 radical (unpaired) electrons. The fourth-order valence-corrected chi connectivity index (χ4v) is 4.19. The maximum atomic E-state index is 12.4. The van der Waals surface area contributed by atoms with Crippen LogP contribution in [0.5, 0.6) is 0 Å². The molecular weight excluding hydrogens is 352 g/mol. The highest BCUT2D eigenvalue weighted by Gasteiger charge is 2.15. The number of anilines is 1. The van der Waals surface area contributed by atoms with Gasteiger partial charge in [0.1, 0.15) is 5.01 Å². The molecule has 1 aromatic carbocycles. The number of nitrogens with one attached hydrogen (secondary N) is 2. The fraction of sp³-hybridized carbons (Fsp3) is 0.278. The van der Waals surface area contributed by atoms with Gasteiger partial charge in [-0.25, -0.2) is 9.97 Å². The number of carbonyl (C=O) groups excluding carboxylic acids is 1. The summed E-state index contributed by atoms with van der Waals surface area (Å²) in [6.07, 6.45) is 0. The van der Waals surface area contributed by atoms with Gasteiger partial charge in [0.05, 0.1) is 16.6 Å². The highest BCUT2D eigenvalue weighted by Crippen LogP contribution is 2.32. The average molecular weight is 373 g/mol. The molecule has 0 aliphatic rings. The molecule has 2 N–H and O–H groups in total. The van der Waals surface area contributed by atoms with Crippen LogP contribution in [0.25, 0.3) is 10.4 Å². The molecule has 0 spiro atoms. The molecule has 0 saturated carbocycles. The molecule has 1 unspecified atom stereocenters. The average Bonchev–Trinajstić information content (AvgIpc) is 3.20. The summed E-state index contributed by atoms with van der Waals surface area (Å²) < 4.78 is 0. The minimum absolute atomic E-state index is 0.0937. The number of carbonyl (C=O) groups is 1. The third kappa shape index (κ3) is 3.88. The molecule has 0 fully saturated rings. The lowest BCUT2D eigenvalue weighted by Crippen LogP contribution is -2.26. The SMILES string of the molecule is CNc1nc(C)c(-c2ccc(C(=O)NC(C)c3nc(C)cs3)cc2)s1. The van der Waals surface area contributed by atoms with Crippen molar-refractivity contribution < 1.29 is 4.79 Å². The first kappa shape index (κ1) is 17.6. The van der Waals surface area contributed by atoms with Crippen molar-refractivity contribution in [1.29, 1.82) is 0 Å². The van der Waals surface area contributed by atoms with Crippen molar-refractivity contribution in [1.82, 2.24) is 15.3 Å². The van der Waals surface area contributed by atoms with Crippen LogP contribution in [-0.2, 0) is 0 Å².